The Morgan fingerprint density at radius 3 is 2.00 bits per heavy atom. The van der Waals surface area contributed by atoms with Crippen LogP contribution < -0.4 is 4.74 Å². The highest BCUT2D eigenvalue weighted by atomic mass is 35.6. The Balaban J connectivity index is 2.72. The first-order chi connectivity index (χ1) is 11.4. The Kier molecular flexibility index (Phi) is 9.67. The summed E-state index contributed by atoms with van der Waals surface area (Å²) in [6, 6.07) is 7.24. The van der Waals surface area contributed by atoms with Crippen LogP contribution in [0.5, 0.6) is 5.75 Å². The van der Waals surface area contributed by atoms with Gasteiger partial charge < -0.3 is 24.4 Å². The molecular formula is C14H16Cl6O5. The van der Waals surface area contributed by atoms with E-state index in [2.05, 4.69) is 0 Å². The molecule has 2 N–H and O–H groups in total. The highest BCUT2D eigenvalue weighted by Gasteiger charge is 2.36. The van der Waals surface area contributed by atoms with Crippen LogP contribution in [0, 0.1) is 6.92 Å². The maximum absolute atomic E-state index is 9.76. The monoisotopic (exact) mass is 474 g/mol. The van der Waals surface area contributed by atoms with Crippen LogP contribution in [0.4, 0.5) is 0 Å². The molecule has 11 heteroatoms. The number of rotatable bonds is 8. The lowest BCUT2D eigenvalue weighted by Crippen LogP contribution is -2.40. The molecule has 0 aliphatic heterocycles. The zero-order valence-electron chi connectivity index (χ0n) is 12.8. The third-order valence-electron chi connectivity index (χ3n) is 2.84. The highest BCUT2D eigenvalue weighted by Crippen LogP contribution is 2.33. The Labute approximate surface area is 175 Å². The van der Waals surface area contributed by atoms with Crippen molar-refractivity contribution in [3.63, 3.8) is 0 Å². The first-order valence-electron chi connectivity index (χ1n) is 6.86. The number of aliphatic hydroxyl groups is 2. The van der Waals surface area contributed by atoms with Crippen molar-refractivity contribution in [1.82, 2.24) is 0 Å². The van der Waals surface area contributed by atoms with Gasteiger partial charge in [0.05, 0.1) is 6.61 Å². The molecule has 5 nitrogen and oxygen atoms in total. The molecule has 0 radical (unpaired) electrons. The summed E-state index contributed by atoms with van der Waals surface area (Å²) in [5.41, 5.74) is 0.880. The maximum atomic E-state index is 9.76. The zero-order chi connectivity index (χ0) is 19.3. The van der Waals surface area contributed by atoms with Gasteiger partial charge in [0.15, 0.2) is 0 Å². The van der Waals surface area contributed by atoms with E-state index in [1.807, 2.05) is 19.1 Å². The van der Waals surface area contributed by atoms with Crippen molar-refractivity contribution in [3.8, 4) is 5.75 Å². The van der Waals surface area contributed by atoms with Gasteiger partial charge in [0.1, 0.15) is 18.5 Å². The van der Waals surface area contributed by atoms with Crippen LogP contribution in [0.15, 0.2) is 24.3 Å². The summed E-state index contributed by atoms with van der Waals surface area (Å²) in [7, 11) is 0. The number of aryl methyl sites for hydroxylation is 1. The molecule has 3 atom stereocenters. The minimum Gasteiger partial charge on any atom is -0.491 e. The molecule has 1 aromatic rings. The van der Waals surface area contributed by atoms with Gasteiger partial charge in [0, 0.05) is 0 Å². The predicted octanol–water partition coefficient (Wildman–Crippen LogP) is 4.15. The van der Waals surface area contributed by atoms with E-state index in [-0.39, 0.29) is 13.2 Å². The summed E-state index contributed by atoms with van der Waals surface area (Å²) in [4.78, 5) is 0. The third kappa shape index (κ3) is 8.89. The van der Waals surface area contributed by atoms with E-state index in [1.165, 1.54) is 0 Å². The van der Waals surface area contributed by atoms with E-state index >= 15 is 0 Å². The van der Waals surface area contributed by atoms with E-state index < -0.39 is 26.3 Å². The summed E-state index contributed by atoms with van der Waals surface area (Å²) in [6.07, 6.45) is -4.43. The normalized spacial score (nSPS) is 16.4. The van der Waals surface area contributed by atoms with Crippen molar-refractivity contribution in [2.75, 3.05) is 13.2 Å². The van der Waals surface area contributed by atoms with Crippen LogP contribution in [0.1, 0.15) is 5.56 Å². The fraction of sp³-hybridized carbons (Fsp3) is 0.571. The lowest BCUT2D eigenvalue weighted by Gasteiger charge is -2.27. The minimum absolute atomic E-state index is 0.0881. The molecule has 1 rings (SSSR count). The Morgan fingerprint density at radius 2 is 1.48 bits per heavy atom. The molecule has 0 fully saturated rings. The van der Waals surface area contributed by atoms with Crippen molar-refractivity contribution < 1.29 is 24.4 Å². The van der Waals surface area contributed by atoms with Gasteiger partial charge in [-0.3, -0.25) is 0 Å². The Morgan fingerprint density at radius 1 is 0.920 bits per heavy atom. The standard InChI is InChI=1S/C14H16Cl6O5/c1-8-4-2-3-5-10(8)23-6-9(25-12(22)14(18,19)20)7-24-11(21)13(15,16)17/h2-5,9,11-12,21-22H,6-7H2,1H3. The van der Waals surface area contributed by atoms with Crippen LogP contribution in [0.2, 0.25) is 0 Å². The van der Waals surface area contributed by atoms with E-state index in [0.29, 0.717) is 5.75 Å². The van der Waals surface area contributed by atoms with Crippen LogP contribution >= 0.6 is 69.6 Å². The summed E-state index contributed by atoms with van der Waals surface area (Å²) >= 11 is 33.2. The maximum Gasteiger partial charge on any atom is 0.240 e. The Hall–Kier alpha value is 0.600. The van der Waals surface area contributed by atoms with Gasteiger partial charge in [-0.25, -0.2) is 0 Å². The van der Waals surface area contributed by atoms with Crippen molar-refractivity contribution in [2.45, 2.75) is 33.2 Å². The topological polar surface area (TPSA) is 68.2 Å². The summed E-state index contributed by atoms with van der Waals surface area (Å²) in [6.45, 7) is 1.46. The second-order valence-electron chi connectivity index (χ2n) is 4.96. The lowest BCUT2D eigenvalue weighted by molar-refractivity contribution is -0.184. The van der Waals surface area contributed by atoms with Crippen molar-refractivity contribution in [2.24, 2.45) is 0 Å². The van der Waals surface area contributed by atoms with Crippen LogP contribution in [0.25, 0.3) is 0 Å². The number of hydrogen-bond acceptors (Lipinski definition) is 5. The number of halogens is 6. The molecule has 3 unspecified atom stereocenters. The van der Waals surface area contributed by atoms with Crippen LogP contribution in [0.3, 0.4) is 0 Å². The number of hydrogen-bond donors (Lipinski definition) is 2. The molecule has 1 aromatic carbocycles. The van der Waals surface area contributed by atoms with Crippen LogP contribution in [-0.4, -0.2) is 49.7 Å². The molecule has 0 bridgehead atoms. The molecule has 0 aliphatic carbocycles. The van der Waals surface area contributed by atoms with Gasteiger partial charge in [0.2, 0.25) is 20.2 Å². The molecule has 0 heterocycles. The van der Waals surface area contributed by atoms with Crippen LogP contribution in [-0.2, 0) is 9.47 Å². The minimum atomic E-state index is -2.09. The number of benzene rings is 1. The second-order valence-corrected chi connectivity index (χ2v) is 9.69. The van der Waals surface area contributed by atoms with Gasteiger partial charge in [0.25, 0.3) is 0 Å². The van der Waals surface area contributed by atoms with E-state index in [0.717, 1.165) is 5.56 Å². The molecule has 0 amide bonds. The van der Waals surface area contributed by atoms with Gasteiger partial charge in [-0.05, 0) is 18.6 Å². The predicted molar refractivity (Wildman–Crippen MR) is 100 cm³/mol. The van der Waals surface area contributed by atoms with Gasteiger partial charge in [-0.2, -0.15) is 0 Å². The average molecular weight is 477 g/mol. The molecule has 0 aromatic heterocycles. The van der Waals surface area contributed by atoms with E-state index in [9.17, 15) is 10.2 Å². The molecule has 0 spiro atoms. The Bertz CT molecular complexity index is 533. The quantitative estimate of drug-likeness (QED) is 0.435. The zero-order valence-corrected chi connectivity index (χ0v) is 17.4. The first-order valence-corrected chi connectivity index (χ1v) is 9.13. The smallest absolute Gasteiger partial charge is 0.240 e. The largest absolute Gasteiger partial charge is 0.491 e. The first kappa shape index (κ1) is 23.6. The van der Waals surface area contributed by atoms with E-state index in [4.69, 9.17) is 83.8 Å². The number of ether oxygens (including phenoxy) is 3. The van der Waals surface area contributed by atoms with E-state index in [1.54, 1.807) is 12.1 Å². The molecule has 0 saturated heterocycles. The van der Waals surface area contributed by atoms with Gasteiger partial charge >= 0.3 is 0 Å². The SMILES string of the molecule is Cc1ccccc1OCC(COC(O)C(Cl)(Cl)Cl)OC(O)C(Cl)(Cl)Cl. The third-order valence-corrected chi connectivity index (χ3v) is 3.96. The molecule has 0 aliphatic rings. The van der Waals surface area contributed by atoms with Crippen molar-refractivity contribution >= 4 is 69.6 Å². The van der Waals surface area contributed by atoms with Gasteiger partial charge in [-0.15, -0.1) is 0 Å². The average Bonchev–Trinajstić information content (AvgIpc) is 2.48. The number of para-hydroxylation sites is 1. The second kappa shape index (κ2) is 10.2. The number of aliphatic hydroxyl groups excluding tert-OH is 2. The molecule has 0 saturated carbocycles. The summed E-state index contributed by atoms with van der Waals surface area (Å²) < 4.78 is 11.7. The number of alkyl halides is 6. The fourth-order valence-electron chi connectivity index (χ4n) is 1.58. The van der Waals surface area contributed by atoms with Crippen molar-refractivity contribution in [1.29, 1.82) is 0 Å². The lowest BCUT2D eigenvalue weighted by atomic mass is 10.2. The highest BCUT2D eigenvalue weighted by molar-refractivity contribution is 6.68. The fourth-order valence-corrected chi connectivity index (χ4v) is 1.92. The summed E-state index contributed by atoms with van der Waals surface area (Å²) in [5, 5.41) is 19.4. The summed E-state index contributed by atoms with van der Waals surface area (Å²) in [5.74, 6) is 0.585. The molecule has 25 heavy (non-hydrogen) atoms. The molecule has 144 valence electrons. The van der Waals surface area contributed by atoms with Gasteiger partial charge in [-0.1, -0.05) is 87.8 Å². The molecular weight excluding hydrogens is 461 g/mol. The van der Waals surface area contributed by atoms with Crippen molar-refractivity contribution in [3.05, 3.63) is 29.8 Å².